The van der Waals surface area contributed by atoms with Gasteiger partial charge in [-0.3, -0.25) is 4.79 Å². The van der Waals surface area contributed by atoms with E-state index in [0.717, 1.165) is 14.2 Å². The monoisotopic (exact) mass is 286 g/mol. The van der Waals surface area contributed by atoms with Gasteiger partial charge in [0.15, 0.2) is 0 Å². The lowest BCUT2D eigenvalue weighted by Gasteiger charge is -2.26. The van der Waals surface area contributed by atoms with Crippen LogP contribution in [0.1, 0.15) is 12.5 Å². The molecule has 0 aromatic heterocycles. The Labute approximate surface area is 113 Å². The molecule has 0 aliphatic heterocycles. The molecule has 0 heterocycles. The highest BCUT2D eigenvalue weighted by Gasteiger charge is 2.31. The normalized spacial score (nSPS) is 13.7. The second kappa shape index (κ2) is 6.14. The number of carboxylic acids is 1. The smallest absolute Gasteiger partial charge is 0.321 e. The zero-order chi connectivity index (χ0) is 14.6. The van der Waals surface area contributed by atoms with Crippen molar-refractivity contribution in [1.82, 2.24) is 8.61 Å². The summed E-state index contributed by atoms with van der Waals surface area (Å²) in [5, 5.41) is 8.86. The number of carboxylic acid groups (broad SMARTS) is 1. The largest absolute Gasteiger partial charge is 0.480 e. The van der Waals surface area contributed by atoms with Gasteiger partial charge < -0.3 is 5.11 Å². The highest BCUT2D eigenvalue weighted by molar-refractivity contribution is 7.86. The molecule has 1 aromatic carbocycles. The summed E-state index contributed by atoms with van der Waals surface area (Å²) < 4.78 is 26.3. The number of rotatable bonds is 6. The molecule has 0 saturated carbocycles. The number of likely N-dealkylation sites (N-methyl/N-ethyl adjacent to an activating group) is 1. The Morgan fingerprint density at radius 1 is 1.26 bits per heavy atom. The van der Waals surface area contributed by atoms with Crippen LogP contribution in [0.2, 0.25) is 0 Å². The Morgan fingerprint density at radius 2 is 1.79 bits per heavy atom. The van der Waals surface area contributed by atoms with Crippen LogP contribution in [0.15, 0.2) is 30.3 Å². The minimum absolute atomic E-state index is 0.194. The van der Waals surface area contributed by atoms with Crippen molar-refractivity contribution in [3.63, 3.8) is 0 Å². The molecule has 0 spiro atoms. The molecule has 0 saturated heterocycles. The average molecular weight is 286 g/mol. The number of hydrogen-bond acceptors (Lipinski definition) is 3. The third-order valence-electron chi connectivity index (χ3n) is 2.91. The zero-order valence-corrected chi connectivity index (χ0v) is 12.0. The molecular weight excluding hydrogens is 268 g/mol. The van der Waals surface area contributed by atoms with Gasteiger partial charge in [-0.15, -0.1) is 0 Å². The topological polar surface area (TPSA) is 77.9 Å². The Hall–Kier alpha value is -1.44. The number of aliphatic carboxylic acids is 1. The van der Waals surface area contributed by atoms with Crippen LogP contribution in [-0.4, -0.2) is 48.2 Å². The maximum Gasteiger partial charge on any atom is 0.321 e. The van der Waals surface area contributed by atoms with Gasteiger partial charge in [0.2, 0.25) is 0 Å². The van der Waals surface area contributed by atoms with E-state index in [0.29, 0.717) is 0 Å². The lowest BCUT2D eigenvalue weighted by Crippen LogP contribution is -2.46. The lowest BCUT2D eigenvalue weighted by atomic mass is 10.2. The molecule has 1 aromatic rings. The zero-order valence-electron chi connectivity index (χ0n) is 11.1. The van der Waals surface area contributed by atoms with E-state index >= 15 is 0 Å². The summed E-state index contributed by atoms with van der Waals surface area (Å²) in [6, 6.07) is 8.00. The Morgan fingerprint density at radius 3 is 2.26 bits per heavy atom. The molecule has 0 amide bonds. The summed E-state index contributed by atoms with van der Waals surface area (Å²) in [6.07, 6.45) is 0. The molecule has 6 nitrogen and oxygen atoms in total. The third kappa shape index (κ3) is 3.76. The van der Waals surface area contributed by atoms with Crippen molar-refractivity contribution in [2.24, 2.45) is 0 Å². The van der Waals surface area contributed by atoms with Crippen LogP contribution in [0.5, 0.6) is 0 Å². The second-order valence-corrected chi connectivity index (χ2v) is 6.37. The van der Waals surface area contributed by atoms with Crippen LogP contribution in [0.3, 0.4) is 0 Å². The molecule has 1 rings (SSSR count). The Balaban J connectivity index is 2.85. The van der Waals surface area contributed by atoms with Gasteiger partial charge in [-0.2, -0.15) is 17.0 Å². The standard InChI is InChI=1S/C12H18N2O4S/c1-10(12(15)16)14(3)19(17,18)13(2)9-11-7-5-4-6-8-11/h4-8,10H,9H2,1-3H3,(H,15,16). The van der Waals surface area contributed by atoms with E-state index in [9.17, 15) is 13.2 Å². The highest BCUT2D eigenvalue weighted by Crippen LogP contribution is 2.12. The molecule has 106 valence electrons. The maximum absolute atomic E-state index is 12.2. The van der Waals surface area contributed by atoms with Gasteiger partial charge in [-0.05, 0) is 12.5 Å². The summed E-state index contributed by atoms with van der Waals surface area (Å²) in [6.45, 7) is 1.52. The van der Waals surface area contributed by atoms with Crippen molar-refractivity contribution in [1.29, 1.82) is 0 Å². The van der Waals surface area contributed by atoms with Gasteiger partial charge in [0, 0.05) is 20.6 Å². The fourth-order valence-electron chi connectivity index (χ4n) is 1.50. The molecule has 0 aliphatic rings. The number of benzene rings is 1. The van der Waals surface area contributed by atoms with Crippen molar-refractivity contribution in [3.05, 3.63) is 35.9 Å². The minimum atomic E-state index is -3.80. The van der Waals surface area contributed by atoms with Gasteiger partial charge in [0.25, 0.3) is 10.2 Å². The van der Waals surface area contributed by atoms with E-state index < -0.39 is 22.2 Å². The van der Waals surface area contributed by atoms with Crippen LogP contribution in [0.4, 0.5) is 0 Å². The van der Waals surface area contributed by atoms with Crippen molar-refractivity contribution in [2.75, 3.05) is 14.1 Å². The number of nitrogens with zero attached hydrogens (tertiary/aromatic N) is 2. The van der Waals surface area contributed by atoms with Crippen molar-refractivity contribution < 1.29 is 18.3 Å². The Kier molecular flexibility index (Phi) is 5.04. The summed E-state index contributed by atoms with van der Waals surface area (Å²) in [5.41, 5.74) is 0.838. The van der Waals surface area contributed by atoms with Crippen molar-refractivity contribution in [2.45, 2.75) is 19.5 Å². The molecule has 1 atom stereocenters. The summed E-state index contributed by atoms with van der Waals surface area (Å²) >= 11 is 0. The van der Waals surface area contributed by atoms with Crippen molar-refractivity contribution in [3.8, 4) is 0 Å². The van der Waals surface area contributed by atoms with E-state index in [1.54, 1.807) is 0 Å². The molecule has 1 unspecified atom stereocenters. The van der Waals surface area contributed by atoms with Gasteiger partial charge in [-0.25, -0.2) is 0 Å². The first-order valence-corrected chi connectivity index (χ1v) is 7.12. The fraction of sp³-hybridized carbons (Fsp3) is 0.417. The van der Waals surface area contributed by atoms with Crippen LogP contribution >= 0.6 is 0 Å². The highest BCUT2D eigenvalue weighted by atomic mass is 32.2. The predicted molar refractivity (Wildman–Crippen MR) is 71.7 cm³/mol. The summed E-state index contributed by atoms with van der Waals surface area (Å²) in [5.74, 6) is -1.18. The summed E-state index contributed by atoms with van der Waals surface area (Å²) in [7, 11) is -1.11. The van der Waals surface area contributed by atoms with Crippen LogP contribution < -0.4 is 0 Å². The maximum atomic E-state index is 12.2. The van der Waals surface area contributed by atoms with E-state index in [-0.39, 0.29) is 6.54 Å². The molecule has 19 heavy (non-hydrogen) atoms. The molecule has 1 N–H and O–H groups in total. The SMILES string of the molecule is CC(C(=O)O)N(C)S(=O)(=O)N(C)Cc1ccccc1. The molecule has 0 aliphatic carbocycles. The minimum Gasteiger partial charge on any atom is -0.480 e. The van der Waals surface area contributed by atoms with Gasteiger partial charge in [0.1, 0.15) is 6.04 Å². The molecule has 0 fully saturated rings. The predicted octanol–water partition coefficient (Wildman–Crippen LogP) is 0.768. The van der Waals surface area contributed by atoms with Crippen molar-refractivity contribution >= 4 is 16.2 Å². The first-order valence-electron chi connectivity index (χ1n) is 5.73. The lowest BCUT2D eigenvalue weighted by molar-refractivity contribution is -0.140. The quantitative estimate of drug-likeness (QED) is 0.838. The summed E-state index contributed by atoms with van der Waals surface area (Å²) in [4.78, 5) is 10.8. The second-order valence-electron chi connectivity index (χ2n) is 4.28. The molecular formula is C12H18N2O4S. The average Bonchev–Trinajstić information content (AvgIpc) is 2.37. The molecule has 7 heteroatoms. The van der Waals surface area contributed by atoms with E-state index in [1.165, 1.54) is 21.0 Å². The Bertz CT molecular complexity index is 530. The molecule has 0 radical (unpaired) electrons. The first kappa shape index (κ1) is 15.6. The van der Waals surface area contributed by atoms with E-state index in [1.807, 2.05) is 30.3 Å². The molecule has 0 bridgehead atoms. The van der Waals surface area contributed by atoms with E-state index in [2.05, 4.69) is 0 Å². The van der Waals surface area contributed by atoms with Gasteiger partial charge in [-0.1, -0.05) is 30.3 Å². The van der Waals surface area contributed by atoms with Crippen LogP contribution in [-0.2, 0) is 21.5 Å². The fourth-order valence-corrected chi connectivity index (χ4v) is 2.74. The van der Waals surface area contributed by atoms with E-state index in [4.69, 9.17) is 5.11 Å². The first-order chi connectivity index (χ1) is 8.76. The van der Waals surface area contributed by atoms with Gasteiger partial charge in [0.05, 0.1) is 0 Å². The third-order valence-corrected chi connectivity index (χ3v) is 4.87. The number of hydrogen-bond donors (Lipinski definition) is 1. The van der Waals surface area contributed by atoms with Gasteiger partial charge >= 0.3 is 5.97 Å². The van der Waals surface area contributed by atoms with Crippen LogP contribution in [0.25, 0.3) is 0 Å². The van der Waals surface area contributed by atoms with Crippen LogP contribution in [0, 0.1) is 0 Å². The number of carbonyl (C=O) groups is 1.